The topological polar surface area (TPSA) is 67.3 Å². The van der Waals surface area contributed by atoms with Gasteiger partial charge in [-0.3, -0.25) is 19.4 Å². The lowest BCUT2D eigenvalue weighted by Gasteiger charge is -2.25. The minimum Gasteiger partial charge on any atom is -0.340 e. The fourth-order valence-corrected chi connectivity index (χ4v) is 3.62. The molecule has 156 valence electrons. The van der Waals surface area contributed by atoms with Gasteiger partial charge in [0.2, 0.25) is 5.78 Å². The van der Waals surface area contributed by atoms with Crippen LogP contribution in [0, 0.1) is 5.92 Å². The summed E-state index contributed by atoms with van der Waals surface area (Å²) < 4.78 is 0. The molecule has 0 bridgehead atoms. The van der Waals surface area contributed by atoms with Gasteiger partial charge in [0.25, 0.3) is 0 Å². The van der Waals surface area contributed by atoms with Gasteiger partial charge in [0.15, 0.2) is 12.1 Å². The Bertz CT molecular complexity index is 1140. The van der Waals surface area contributed by atoms with E-state index in [9.17, 15) is 14.4 Å². The second-order valence-corrected chi connectivity index (χ2v) is 8.17. The number of benzene rings is 2. The average molecular weight is 433 g/mol. The maximum atomic E-state index is 12.9. The first-order chi connectivity index (χ1) is 15.0. The van der Waals surface area contributed by atoms with Gasteiger partial charge >= 0.3 is 0 Å². The van der Waals surface area contributed by atoms with Gasteiger partial charge in [0.05, 0.1) is 11.9 Å². The maximum Gasteiger partial charge on any atom is 0.211 e. The maximum absolute atomic E-state index is 12.9. The van der Waals surface area contributed by atoms with E-state index in [1.807, 2.05) is 30.3 Å². The molecule has 0 aliphatic heterocycles. The predicted molar refractivity (Wildman–Crippen MR) is 121 cm³/mol. The highest BCUT2D eigenvalue weighted by atomic mass is 35.5. The quantitative estimate of drug-likeness (QED) is 0.346. The fraction of sp³-hybridized carbons (Fsp3) is 0.200. The number of aromatic nitrogens is 1. The Morgan fingerprint density at radius 1 is 1.06 bits per heavy atom. The Morgan fingerprint density at radius 3 is 2.35 bits per heavy atom. The minimum atomic E-state index is -0.301. The number of rotatable bonds is 8. The van der Waals surface area contributed by atoms with Crippen molar-refractivity contribution in [3.8, 4) is 0 Å². The third-order valence-electron chi connectivity index (χ3n) is 5.39. The SMILES string of the molecule is CC(=O)c1ccc(C(=O)c2ccc(N(CC3CC3)c3ccc(Cl)cc3)cn2)cc1C=O. The molecule has 0 unspecified atom stereocenters. The molecule has 6 heteroatoms. The normalized spacial score (nSPS) is 13.0. The van der Waals surface area contributed by atoms with Crippen molar-refractivity contribution in [1.82, 2.24) is 4.98 Å². The summed E-state index contributed by atoms with van der Waals surface area (Å²) in [5.41, 5.74) is 3.01. The molecule has 5 nitrogen and oxygen atoms in total. The average Bonchev–Trinajstić information content (AvgIpc) is 3.61. The zero-order chi connectivity index (χ0) is 22.0. The van der Waals surface area contributed by atoms with Gasteiger partial charge < -0.3 is 4.90 Å². The van der Waals surface area contributed by atoms with E-state index in [1.165, 1.54) is 31.9 Å². The van der Waals surface area contributed by atoms with E-state index >= 15 is 0 Å². The highest BCUT2D eigenvalue weighted by molar-refractivity contribution is 6.30. The van der Waals surface area contributed by atoms with Crippen molar-refractivity contribution in [2.24, 2.45) is 5.92 Å². The Balaban J connectivity index is 1.60. The molecule has 2 aromatic carbocycles. The molecule has 0 amide bonds. The number of hydrogen-bond donors (Lipinski definition) is 0. The van der Waals surface area contributed by atoms with Crippen LogP contribution in [0.2, 0.25) is 5.02 Å². The number of Topliss-reactive ketones (excluding diaryl/α,β-unsaturated/α-hetero) is 1. The second kappa shape index (κ2) is 8.82. The van der Waals surface area contributed by atoms with Gasteiger partial charge in [0, 0.05) is 33.9 Å². The van der Waals surface area contributed by atoms with Crippen molar-refractivity contribution in [3.05, 3.63) is 88.2 Å². The highest BCUT2D eigenvalue weighted by Crippen LogP contribution is 2.35. The van der Waals surface area contributed by atoms with Crippen molar-refractivity contribution in [2.45, 2.75) is 19.8 Å². The molecular formula is C25H21ClN2O3. The molecule has 1 saturated carbocycles. The van der Waals surface area contributed by atoms with E-state index in [4.69, 9.17) is 11.6 Å². The van der Waals surface area contributed by atoms with E-state index in [0.717, 1.165) is 17.9 Å². The minimum absolute atomic E-state index is 0.202. The van der Waals surface area contributed by atoms with Crippen molar-refractivity contribution in [1.29, 1.82) is 0 Å². The molecule has 0 N–H and O–H groups in total. The molecule has 1 aromatic heterocycles. The molecule has 0 atom stereocenters. The van der Waals surface area contributed by atoms with Crippen LogP contribution in [0.1, 0.15) is 56.5 Å². The first kappa shape index (κ1) is 20.9. The van der Waals surface area contributed by atoms with Gasteiger partial charge in [0.1, 0.15) is 5.69 Å². The van der Waals surface area contributed by atoms with E-state index in [2.05, 4.69) is 9.88 Å². The summed E-state index contributed by atoms with van der Waals surface area (Å²) in [5.74, 6) is 0.130. The van der Waals surface area contributed by atoms with E-state index in [-0.39, 0.29) is 22.8 Å². The molecule has 31 heavy (non-hydrogen) atoms. The number of pyridine rings is 1. The number of hydrogen-bond acceptors (Lipinski definition) is 5. The smallest absolute Gasteiger partial charge is 0.211 e. The Hall–Kier alpha value is -3.31. The molecule has 1 aliphatic rings. The third kappa shape index (κ3) is 4.72. The van der Waals surface area contributed by atoms with Crippen LogP contribution in [-0.4, -0.2) is 29.4 Å². The number of carbonyl (C=O) groups is 3. The first-order valence-corrected chi connectivity index (χ1v) is 10.5. The van der Waals surface area contributed by atoms with Crippen molar-refractivity contribution < 1.29 is 14.4 Å². The number of carbonyl (C=O) groups excluding carboxylic acids is 3. The van der Waals surface area contributed by atoms with Crippen molar-refractivity contribution in [2.75, 3.05) is 11.4 Å². The van der Waals surface area contributed by atoms with Crippen LogP contribution in [-0.2, 0) is 0 Å². The van der Waals surface area contributed by atoms with E-state index < -0.39 is 0 Å². The van der Waals surface area contributed by atoms with Gasteiger partial charge in [-0.2, -0.15) is 0 Å². The molecule has 1 heterocycles. The van der Waals surface area contributed by atoms with Crippen LogP contribution < -0.4 is 4.90 Å². The monoisotopic (exact) mass is 432 g/mol. The summed E-state index contributed by atoms with van der Waals surface area (Å²) >= 11 is 6.03. The molecule has 0 radical (unpaired) electrons. The third-order valence-corrected chi connectivity index (χ3v) is 5.64. The number of aldehydes is 1. The first-order valence-electron chi connectivity index (χ1n) is 10.1. The van der Waals surface area contributed by atoms with Crippen LogP contribution in [0.4, 0.5) is 11.4 Å². The molecular weight excluding hydrogens is 412 g/mol. The van der Waals surface area contributed by atoms with Crippen LogP contribution in [0.15, 0.2) is 60.8 Å². The summed E-state index contributed by atoms with van der Waals surface area (Å²) in [7, 11) is 0. The Morgan fingerprint density at radius 2 is 1.77 bits per heavy atom. The molecule has 0 saturated heterocycles. The zero-order valence-corrected chi connectivity index (χ0v) is 17.8. The molecule has 0 spiro atoms. The van der Waals surface area contributed by atoms with Crippen molar-refractivity contribution >= 4 is 40.8 Å². The molecule has 1 fully saturated rings. The summed E-state index contributed by atoms with van der Waals surface area (Å²) in [4.78, 5) is 42.4. The Kier molecular flexibility index (Phi) is 5.96. The largest absolute Gasteiger partial charge is 0.340 e. The predicted octanol–water partition coefficient (Wildman–Crippen LogP) is 5.53. The number of ketones is 2. The zero-order valence-electron chi connectivity index (χ0n) is 17.0. The summed E-state index contributed by atoms with van der Waals surface area (Å²) in [6.45, 7) is 2.27. The van der Waals surface area contributed by atoms with E-state index in [0.29, 0.717) is 28.4 Å². The summed E-state index contributed by atoms with van der Waals surface area (Å²) in [6.07, 6.45) is 4.70. The van der Waals surface area contributed by atoms with Crippen LogP contribution >= 0.6 is 11.6 Å². The molecule has 3 aromatic rings. The van der Waals surface area contributed by atoms with Crippen molar-refractivity contribution in [3.63, 3.8) is 0 Å². The highest BCUT2D eigenvalue weighted by Gasteiger charge is 2.25. The standard InChI is InChI=1S/C25H21ClN2O3/c1-16(30)23-10-4-18(12-19(23)15-29)25(31)24-11-9-22(13-27-24)28(14-17-2-3-17)21-7-5-20(26)6-8-21/h4-13,15,17H,2-3,14H2,1H3. The van der Waals surface area contributed by atoms with Gasteiger partial charge in [-0.1, -0.05) is 17.7 Å². The van der Waals surface area contributed by atoms with Crippen LogP contribution in [0.25, 0.3) is 0 Å². The molecule has 4 rings (SSSR count). The number of anilines is 2. The Labute approximate surface area is 185 Å². The van der Waals surface area contributed by atoms with E-state index in [1.54, 1.807) is 18.3 Å². The second-order valence-electron chi connectivity index (χ2n) is 7.74. The number of nitrogens with zero attached hydrogens (tertiary/aromatic N) is 2. The van der Waals surface area contributed by atoms with Crippen LogP contribution in [0.5, 0.6) is 0 Å². The van der Waals surface area contributed by atoms with Gasteiger partial charge in [-0.15, -0.1) is 0 Å². The molecule has 1 aliphatic carbocycles. The fourth-order valence-electron chi connectivity index (χ4n) is 3.49. The van der Waals surface area contributed by atoms with Crippen LogP contribution in [0.3, 0.4) is 0 Å². The number of halogens is 1. The van der Waals surface area contributed by atoms with Gasteiger partial charge in [-0.25, -0.2) is 0 Å². The van der Waals surface area contributed by atoms with Gasteiger partial charge in [-0.05, 0) is 74.2 Å². The lowest BCUT2D eigenvalue weighted by molar-refractivity contribution is 0.100. The lowest BCUT2D eigenvalue weighted by atomic mass is 9.99. The summed E-state index contributed by atoms with van der Waals surface area (Å²) in [5, 5.41) is 0.680. The lowest BCUT2D eigenvalue weighted by Crippen LogP contribution is -2.20. The summed E-state index contributed by atoms with van der Waals surface area (Å²) in [6, 6.07) is 15.7.